The Morgan fingerprint density at radius 1 is 1.15 bits per heavy atom. The maximum absolute atomic E-state index is 13.8. The molecule has 2 N–H and O–H groups in total. The van der Waals surface area contributed by atoms with Crippen LogP contribution in [0.4, 0.5) is 23.1 Å². The number of para-hydroxylation sites is 1. The average molecular weight is 391 g/mol. The molecular formula is C15H16F3N3O4S. The van der Waals surface area contributed by atoms with Gasteiger partial charge in [-0.25, -0.2) is 14.6 Å². The molecule has 0 unspecified atom stereocenters. The molecule has 142 valence electrons. The Balaban J connectivity index is 2.48. The fourth-order valence-electron chi connectivity index (χ4n) is 2.04. The van der Waals surface area contributed by atoms with Gasteiger partial charge in [-0.05, 0) is 26.0 Å². The minimum absolute atomic E-state index is 0.177. The van der Waals surface area contributed by atoms with Crippen LogP contribution in [0.1, 0.15) is 13.8 Å². The van der Waals surface area contributed by atoms with E-state index >= 15 is 0 Å². The molecule has 11 heteroatoms. The molecular weight excluding hydrogens is 375 g/mol. The number of anilines is 1. The fraction of sp³-hybridized carbons (Fsp3) is 0.400. The minimum atomic E-state index is -5.23. The number of hydrogen-bond acceptors (Lipinski definition) is 7. The number of alkyl halides is 3. The number of halogens is 3. The van der Waals surface area contributed by atoms with E-state index in [-0.39, 0.29) is 18.3 Å². The molecule has 1 amide bonds. The number of amides is 1. The highest BCUT2D eigenvalue weighted by Gasteiger charge is 2.64. The van der Waals surface area contributed by atoms with Crippen molar-refractivity contribution in [3.05, 3.63) is 24.3 Å². The zero-order valence-corrected chi connectivity index (χ0v) is 14.7. The third-order valence-electron chi connectivity index (χ3n) is 3.16. The van der Waals surface area contributed by atoms with Crippen LogP contribution in [0, 0.1) is 0 Å². The summed E-state index contributed by atoms with van der Waals surface area (Å²) in [6.07, 6.45) is -6.66. The highest BCUT2D eigenvalue weighted by molar-refractivity contribution is 7.22. The van der Waals surface area contributed by atoms with Crippen LogP contribution in [0.2, 0.25) is 0 Å². The summed E-state index contributed by atoms with van der Waals surface area (Å²) in [6, 6.07) is 6.64. The van der Waals surface area contributed by atoms with Crippen molar-refractivity contribution in [3.63, 3.8) is 0 Å². The van der Waals surface area contributed by atoms with E-state index < -0.39 is 23.9 Å². The van der Waals surface area contributed by atoms with Crippen molar-refractivity contribution in [2.24, 2.45) is 0 Å². The predicted molar refractivity (Wildman–Crippen MR) is 88.8 cm³/mol. The van der Waals surface area contributed by atoms with Gasteiger partial charge in [0.05, 0.1) is 23.4 Å². The van der Waals surface area contributed by atoms with Gasteiger partial charge < -0.3 is 14.8 Å². The lowest BCUT2D eigenvalue weighted by molar-refractivity contribution is -0.205. The van der Waals surface area contributed by atoms with Crippen molar-refractivity contribution in [1.82, 2.24) is 10.3 Å². The summed E-state index contributed by atoms with van der Waals surface area (Å²) in [5.41, 5.74) is -3.10. The molecule has 0 saturated heterocycles. The molecule has 1 aromatic carbocycles. The molecule has 0 aliphatic rings. The van der Waals surface area contributed by atoms with Crippen LogP contribution in [-0.2, 0) is 14.3 Å². The minimum Gasteiger partial charge on any atom is -0.463 e. The Morgan fingerprint density at radius 2 is 1.81 bits per heavy atom. The fourth-order valence-corrected chi connectivity index (χ4v) is 2.96. The SMILES string of the molecule is CCOC(=O)N[C@](Nc1nc2ccccc2s1)(C(=O)OCC)C(F)(F)F. The highest BCUT2D eigenvalue weighted by atomic mass is 32.1. The molecule has 0 aliphatic heterocycles. The Morgan fingerprint density at radius 3 is 2.38 bits per heavy atom. The first-order valence-corrected chi connectivity index (χ1v) is 8.37. The average Bonchev–Trinajstić information content (AvgIpc) is 2.95. The molecule has 0 bridgehead atoms. The van der Waals surface area contributed by atoms with Gasteiger partial charge in [-0.3, -0.25) is 5.32 Å². The molecule has 2 aromatic rings. The van der Waals surface area contributed by atoms with Gasteiger partial charge in [0.25, 0.3) is 0 Å². The van der Waals surface area contributed by atoms with Crippen LogP contribution in [0.15, 0.2) is 24.3 Å². The van der Waals surface area contributed by atoms with Gasteiger partial charge in [0.15, 0.2) is 5.13 Å². The second-order valence-electron chi connectivity index (χ2n) is 4.93. The number of carbonyl (C=O) groups excluding carboxylic acids is 2. The van der Waals surface area contributed by atoms with Crippen molar-refractivity contribution in [3.8, 4) is 0 Å². The number of thiazole rings is 1. The molecule has 26 heavy (non-hydrogen) atoms. The molecule has 0 saturated carbocycles. The van der Waals surface area contributed by atoms with Gasteiger partial charge in [0.2, 0.25) is 0 Å². The van der Waals surface area contributed by atoms with Crippen molar-refractivity contribution >= 4 is 38.7 Å². The number of fused-ring (bicyclic) bond motifs is 1. The van der Waals surface area contributed by atoms with E-state index in [2.05, 4.69) is 14.5 Å². The van der Waals surface area contributed by atoms with Gasteiger partial charge in [0.1, 0.15) is 0 Å². The van der Waals surface area contributed by atoms with Gasteiger partial charge in [-0.2, -0.15) is 13.2 Å². The lowest BCUT2D eigenvalue weighted by atomic mass is 10.1. The van der Waals surface area contributed by atoms with Gasteiger partial charge in [0, 0.05) is 0 Å². The molecule has 1 aromatic heterocycles. The smallest absolute Gasteiger partial charge is 0.442 e. The number of nitrogens with zero attached hydrogens (tertiary/aromatic N) is 1. The van der Waals surface area contributed by atoms with Crippen LogP contribution in [0.5, 0.6) is 0 Å². The Labute approximate surface area is 150 Å². The first-order valence-electron chi connectivity index (χ1n) is 7.56. The van der Waals surface area contributed by atoms with E-state index in [4.69, 9.17) is 0 Å². The van der Waals surface area contributed by atoms with E-state index in [1.165, 1.54) is 13.8 Å². The lowest BCUT2D eigenvalue weighted by Crippen LogP contribution is -2.69. The monoisotopic (exact) mass is 391 g/mol. The Hall–Kier alpha value is -2.56. The molecule has 0 spiro atoms. The quantitative estimate of drug-likeness (QED) is 0.580. The van der Waals surface area contributed by atoms with Crippen LogP contribution in [0.3, 0.4) is 0 Å². The van der Waals surface area contributed by atoms with Gasteiger partial charge in [-0.1, -0.05) is 23.5 Å². The number of carbonyl (C=O) groups is 2. The molecule has 0 fully saturated rings. The molecule has 0 radical (unpaired) electrons. The van der Waals surface area contributed by atoms with Crippen LogP contribution in [0.25, 0.3) is 10.2 Å². The molecule has 2 rings (SSSR count). The van der Waals surface area contributed by atoms with Crippen molar-refractivity contribution in [2.75, 3.05) is 18.5 Å². The summed E-state index contributed by atoms with van der Waals surface area (Å²) in [6.45, 7) is 2.27. The molecule has 1 heterocycles. The van der Waals surface area contributed by atoms with Crippen LogP contribution in [-0.4, -0.2) is 42.1 Å². The third-order valence-corrected chi connectivity index (χ3v) is 4.11. The van der Waals surface area contributed by atoms with E-state index in [1.807, 2.05) is 5.32 Å². The van der Waals surface area contributed by atoms with E-state index in [0.717, 1.165) is 11.3 Å². The first-order chi connectivity index (χ1) is 12.2. The number of benzene rings is 1. The van der Waals surface area contributed by atoms with Crippen molar-refractivity contribution in [2.45, 2.75) is 25.7 Å². The highest BCUT2D eigenvalue weighted by Crippen LogP contribution is 2.35. The van der Waals surface area contributed by atoms with Crippen molar-refractivity contribution in [1.29, 1.82) is 0 Å². The number of esters is 1. The number of hydrogen-bond donors (Lipinski definition) is 2. The van der Waals surface area contributed by atoms with E-state index in [9.17, 15) is 22.8 Å². The molecule has 1 atom stereocenters. The molecule has 7 nitrogen and oxygen atoms in total. The summed E-state index contributed by atoms with van der Waals surface area (Å²) < 4.78 is 51.2. The normalized spacial score (nSPS) is 13.7. The number of alkyl carbamates (subject to hydrolysis) is 1. The topological polar surface area (TPSA) is 89.5 Å². The maximum atomic E-state index is 13.8. The molecule has 0 aliphatic carbocycles. The summed E-state index contributed by atoms with van der Waals surface area (Å²) in [4.78, 5) is 27.9. The number of nitrogens with one attached hydrogen (secondary N) is 2. The predicted octanol–water partition coefficient (Wildman–Crippen LogP) is 3.28. The van der Waals surface area contributed by atoms with E-state index in [1.54, 1.807) is 29.6 Å². The number of aromatic nitrogens is 1. The van der Waals surface area contributed by atoms with Gasteiger partial charge >= 0.3 is 23.9 Å². The van der Waals surface area contributed by atoms with E-state index in [0.29, 0.717) is 10.2 Å². The zero-order chi connectivity index (χ0) is 19.4. The third kappa shape index (κ3) is 3.98. The first kappa shape index (κ1) is 19.8. The Bertz CT molecular complexity index is 763. The second kappa shape index (κ2) is 7.77. The standard InChI is InChI=1S/C15H16F3N3O4S/c1-3-24-11(22)14(15(16,17)18,21-13(23)25-4-2)20-12-19-9-7-5-6-8-10(9)26-12/h5-8H,3-4H2,1-2H3,(H,19,20)(H,21,23)/t14-/m1/s1. The largest absolute Gasteiger partial charge is 0.463 e. The lowest BCUT2D eigenvalue weighted by Gasteiger charge is -2.33. The van der Waals surface area contributed by atoms with Gasteiger partial charge in [-0.15, -0.1) is 0 Å². The van der Waals surface area contributed by atoms with Crippen molar-refractivity contribution < 1.29 is 32.2 Å². The second-order valence-corrected chi connectivity index (χ2v) is 5.96. The van der Waals surface area contributed by atoms with Crippen LogP contribution >= 0.6 is 11.3 Å². The summed E-state index contributed by atoms with van der Waals surface area (Å²) in [5, 5.41) is 3.32. The Kier molecular flexibility index (Phi) is 5.90. The summed E-state index contributed by atoms with van der Waals surface area (Å²) >= 11 is 0.894. The number of ether oxygens (including phenoxy) is 2. The summed E-state index contributed by atoms with van der Waals surface area (Å²) in [5.74, 6) is -1.72. The van der Waals surface area contributed by atoms with Crippen LogP contribution < -0.4 is 10.6 Å². The number of rotatable bonds is 6. The zero-order valence-electron chi connectivity index (χ0n) is 13.8. The summed E-state index contributed by atoms with van der Waals surface area (Å²) in [7, 11) is 0. The maximum Gasteiger partial charge on any atom is 0.442 e.